The summed E-state index contributed by atoms with van der Waals surface area (Å²) < 4.78 is 13.3. The second kappa shape index (κ2) is 16.3. The van der Waals surface area contributed by atoms with Crippen molar-refractivity contribution in [2.45, 2.75) is 76.0 Å². The summed E-state index contributed by atoms with van der Waals surface area (Å²) in [6.45, 7) is 0. The van der Waals surface area contributed by atoms with Gasteiger partial charge in [-0.1, -0.05) is 111 Å². The Bertz CT molecular complexity index is 3310. The lowest BCUT2D eigenvalue weighted by atomic mass is 9.84. The maximum absolute atomic E-state index is 6.67. The molecule has 13 rings (SSSR count). The molecule has 0 unspecified atom stereocenters. The van der Waals surface area contributed by atoms with Crippen molar-refractivity contribution in [1.29, 1.82) is 0 Å². The zero-order valence-electron chi connectivity index (χ0n) is 37.3. The van der Waals surface area contributed by atoms with Gasteiger partial charge in [-0.2, -0.15) is 0 Å². The Kier molecular flexibility index (Phi) is 9.65. The van der Waals surface area contributed by atoms with Crippen LogP contribution in [0.3, 0.4) is 0 Å². The second-order valence-electron chi connectivity index (χ2n) is 19.0. The first kappa shape index (κ1) is 39.1. The van der Waals surface area contributed by atoms with E-state index in [1.54, 1.807) is 0 Å². The molecule has 11 aromatic rings. The molecular weight excluding hydrogens is 805 g/mol. The molecule has 2 heterocycles. The lowest BCUT2D eigenvalue weighted by molar-refractivity contribution is 0.443. The molecule has 0 N–H and O–H groups in total. The molecule has 2 aromatic heterocycles. The van der Waals surface area contributed by atoms with Crippen LogP contribution in [0.1, 0.15) is 87.2 Å². The zero-order valence-corrected chi connectivity index (χ0v) is 37.3. The molecule has 2 saturated carbocycles. The molecule has 2 aliphatic carbocycles. The number of para-hydroxylation sites is 2. The van der Waals surface area contributed by atoms with Crippen molar-refractivity contribution in [2.75, 3.05) is 9.80 Å². The minimum atomic E-state index is 0.679. The van der Waals surface area contributed by atoms with Crippen molar-refractivity contribution in [3.8, 4) is 0 Å². The quantitative estimate of drug-likeness (QED) is 0.152. The van der Waals surface area contributed by atoms with Gasteiger partial charge >= 0.3 is 0 Å². The molecule has 0 saturated heterocycles. The van der Waals surface area contributed by atoms with Crippen molar-refractivity contribution in [3.05, 3.63) is 193 Å². The van der Waals surface area contributed by atoms with Gasteiger partial charge in [0, 0.05) is 61.7 Å². The van der Waals surface area contributed by atoms with Crippen LogP contribution in [0, 0.1) is 0 Å². The Morgan fingerprint density at radius 1 is 0.288 bits per heavy atom. The SMILES string of the molecule is c1ccc(N(c2ccc(C3CCCCC3)cc2)c2ccc3cc4c(cc3c2)oc2cc3oc5cc6cc(N(c7ccccc7)c7ccc(C8CCCCC8)cc7)ccc6cc5c3cc24)cc1. The summed E-state index contributed by atoms with van der Waals surface area (Å²) in [4.78, 5) is 4.73. The number of rotatable bonds is 8. The Hall–Kier alpha value is -7.30. The third-order valence-corrected chi connectivity index (χ3v) is 14.9. The van der Waals surface area contributed by atoms with Crippen LogP contribution >= 0.6 is 0 Å². The Morgan fingerprint density at radius 3 is 1.08 bits per heavy atom. The lowest BCUT2D eigenvalue weighted by Gasteiger charge is -2.27. The highest BCUT2D eigenvalue weighted by atomic mass is 16.3. The Morgan fingerprint density at radius 2 is 0.652 bits per heavy atom. The Balaban J connectivity index is 0.850. The van der Waals surface area contributed by atoms with Crippen LogP contribution < -0.4 is 9.80 Å². The average Bonchev–Trinajstić information content (AvgIpc) is 3.91. The monoisotopic (exact) mass is 856 g/mol. The number of fused-ring (bicyclic) bond motifs is 8. The molecule has 66 heavy (non-hydrogen) atoms. The fraction of sp³-hybridized carbons (Fsp3) is 0.194. The normalized spacial score (nSPS) is 15.2. The van der Waals surface area contributed by atoms with E-state index in [0.717, 1.165) is 88.8 Å². The molecule has 4 nitrogen and oxygen atoms in total. The van der Waals surface area contributed by atoms with Crippen LogP contribution in [0.25, 0.3) is 65.4 Å². The van der Waals surface area contributed by atoms with E-state index >= 15 is 0 Å². The highest BCUT2D eigenvalue weighted by molar-refractivity contribution is 6.18. The number of hydrogen-bond acceptors (Lipinski definition) is 4. The van der Waals surface area contributed by atoms with E-state index in [0.29, 0.717) is 11.8 Å². The molecule has 2 fully saturated rings. The summed E-state index contributed by atoms with van der Waals surface area (Å²) in [5.41, 5.74) is 13.2. The first-order valence-electron chi connectivity index (χ1n) is 24.3. The fourth-order valence-electron chi connectivity index (χ4n) is 11.5. The maximum Gasteiger partial charge on any atom is 0.139 e. The van der Waals surface area contributed by atoms with Crippen LogP contribution in [-0.4, -0.2) is 0 Å². The van der Waals surface area contributed by atoms with Crippen LogP contribution in [0.4, 0.5) is 34.1 Å². The third-order valence-electron chi connectivity index (χ3n) is 14.9. The van der Waals surface area contributed by atoms with Crippen LogP contribution in [0.5, 0.6) is 0 Å². The molecule has 2 aliphatic rings. The van der Waals surface area contributed by atoms with Gasteiger partial charge in [0.05, 0.1) is 0 Å². The average molecular weight is 857 g/mol. The van der Waals surface area contributed by atoms with E-state index in [9.17, 15) is 0 Å². The number of furan rings is 2. The highest BCUT2D eigenvalue weighted by Crippen LogP contribution is 2.44. The molecule has 0 amide bonds. The topological polar surface area (TPSA) is 32.8 Å². The molecule has 0 bridgehead atoms. The minimum Gasteiger partial charge on any atom is -0.456 e. The van der Waals surface area contributed by atoms with Crippen LogP contribution in [-0.2, 0) is 0 Å². The standard InChI is InChI=1S/C62H52N2O2/c1-5-13-41(14-6-1)43-21-27-51(28-22-43)63(49-17-9-3-10-18-49)53-31-25-45-35-55-57-39-58-56-36-46-26-32-54(34-48(46)38-60(56)66-62(58)40-61(57)65-59(55)37-47(45)33-53)64(50-19-11-4-12-20-50)52-29-23-44(24-30-52)42-15-7-2-8-16-42/h3-4,9-12,17-42H,1-2,5-8,13-16H2. The van der Waals surface area contributed by atoms with E-state index in [2.05, 4.69) is 192 Å². The molecule has 0 spiro atoms. The Labute approximate surface area is 385 Å². The number of hydrogen-bond donors (Lipinski definition) is 0. The number of benzene rings is 9. The molecule has 322 valence electrons. The van der Waals surface area contributed by atoms with Gasteiger partial charge < -0.3 is 18.6 Å². The summed E-state index contributed by atoms with van der Waals surface area (Å²) in [5.74, 6) is 1.36. The van der Waals surface area contributed by atoms with Gasteiger partial charge in [-0.15, -0.1) is 0 Å². The first-order valence-corrected chi connectivity index (χ1v) is 24.3. The van der Waals surface area contributed by atoms with E-state index in [-0.39, 0.29) is 0 Å². The summed E-state index contributed by atoms with van der Waals surface area (Å²) in [5, 5.41) is 9.05. The predicted molar refractivity (Wildman–Crippen MR) is 277 cm³/mol. The minimum absolute atomic E-state index is 0.679. The van der Waals surface area contributed by atoms with Gasteiger partial charge in [-0.3, -0.25) is 0 Å². The van der Waals surface area contributed by atoms with Crippen molar-refractivity contribution in [1.82, 2.24) is 0 Å². The van der Waals surface area contributed by atoms with Crippen molar-refractivity contribution >= 4 is 99.5 Å². The van der Waals surface area contributed by atoms with E-state index in [4.69, 9.17) is 8.83 Å². The van der Waals surface area contributed by atoms with Gasteiger partial charge in [0.25, 0.3) is 0 Å². The van der Waals surface area contributed by atoms with Crippen molar-refractivity contribution < 1.29 is 8.83 Å². The van der Waals surface area contributed by atoms with E-state index in [1.807, 2.05) is 0 Å². The number of anilines is 6. The van der Waals surface area contributed by atoms with E-state index < -0.39 is 0 Å². The fourth-order valence-corrected chi connectivity index (χ4v) is 11.5. The predicted octanol–water partition coefficient (Wildman–Crippen LogP) is 18.8. The van der Waals surface area contributed by atoms with E-state index in [1.165, 1.54) is 86.1 Å². The summed E-state index contributed by atoms with van der Waals surface area (Å²) >= 11 is 0. The first-order chi connectivity index (χ1) is 32.7. The van der Waals surface area contributed by atoms with Gasteiger partial charge in [0.2, 0.25) is 0 Å². The third kappa shape index (κ3) is 6.98. The molecule has 9 aromatic carbocycles. The van der Waals surface area contributed by atoms with Crippen LogP contribution in [0.15, 0.2) is 191 Å². The molecule has 0 aliphatic heterocycles. The van der Waals surface area contributed by atoms with Crippen molar-refractivity contribution in [3.63, 3.8) is 0 Å². The molecular formula is C62H52N2O2. The van der Waals surface area contributed by atoms with Gasteiger partial charge in [-0.05, 0) is 173 Å². The molecule has 0 atom stereocenters. The van der Waals surface area contributed by atoms with Crippen molar-refractivity contribution in [2.24, 2.45) is 0 Å². The lowest BCUT2D eigenvalue weighted by Crippen LogP contribution is -2.10. The summed E-state index contributed by atoms with van der Waals surface area (Å²) in [7, 11) is 0. The zero-order chi connectivity index (χ0) is 43.6. The summed E-state index contributed by atoms with van der Waals surface area (Å²) in [6, 6.07) is 67.0. The van der Waals surface area contributed by atoms with Crippen LogP contribution in [0.2, 0.25) is 0 Å². The highest BCUT2D eigenvalue weighted by Gasteiger charge is 2.21. The smallest absolute Gasteiger partial charge is 0.139 e. The molecule has 0 radical (unpaired) electrons. The number of nitrogens with zero attached hydrogens (tertiary/aromatic N) is 2. The maximum atomic E-state index is 6.67. The largest absolute Gasteiger partial charge is 0.456 e. The van der Waals surface area contributed by atoms with Gasteiger partial charge in [0.15, 0.2) is 0 Å². The van der Waals surface area contributed by atoms with Gasteiger partial charge in [-0.25, -0.2) is 0 Å². The second-order valence-corrected chi connectivity index (χ2v) is 19.0. The van der Waals surface area contributed by atoms with Gasteiger partial charge in [0.1, 0.15) is 22.3 Å². The summed E-state index contributed by atoms with van der Waals surface area (Å²) in [6.07, 6.45) is 13.3. The molecule has 4 heteroatoms.